The molecule has 0 fully saturated rings. The highest BCUT2D eigenvalue weighted by Crippen LogP contribution is 2.25. The zero-order chi connectivity index (χ0) is 14.4. The van der Waals surface area contributed by atoms with E-state index in [9.17, 15) is 0 Å². The lowest BCUT2D eigenvalue weighted by atomic mass is 10.1. The summed E-state index contributed by atoms with van der Waals surface area (Å²) in [5.41, 5.74) is 4.84. The summed E-state index contributed by atoms with van der Waals surface area (Å²) in [5, 5.41) is 4.96. The largest absolute Gasteiger partial charge is 0.271 e. The van der Waals surface area contributed by atoms with Gasteiger partial charge in [0.25, 0.3) is 0 Å². The van der Waals surface area contributed by atoms with Crippen molar-refractivity contribution < 1.29 is 0 Å². The van der Waals surface area contributed by atoms with Crippen LogP contribution in [-0.4, -0.2) is 14.8 Å². The zero-order valence-corrected chi connectivity index (χ0v) is 12.3. The fourth-order valence-electron chi connectivity index (χ4n) is 2.25. The molecule has 3 N–H and O–H groups in total. The Morgan fingerprint density at radius 1 is 1.45 bits per heavy atom. The van der Waals surface area contributed by atoms with Gasteiger partial charge >= 0.3 is 0 Å². The van der Waals surface area contributed by atoms with Gasteiger partial charge in [0.2, 0.25) is 0 Å². The average Bonchev–Trinajstić information content (AvgIpc) is 2.83. The maximum absolute atomic E-state index is 6.24. The Bertz CT molecular complexity index is 526. The normalized spacial score (nSPS) is 12.6. The Morgan fingerprint density at radius 3 is 2.95 bits per heavy atom. The number of hydrogen-bond acceptors (Lipinski definition) is 4. The highest BCUT2D eigenvalue weighted by atomic mass is 35.5. The van der Waals surface area contributed by atoms with Crippen LogP contribution in [0.2, 0.25) is 5.02 Å². The summed E-state index contributed by atoms with van der Waals surface area (Å²) in [5.74, 6) is 5.69. The first-order chi connectivity index (χ1) is 9.76. The third-order valence-corrected chi connectivity index (χ3v) is 3.51. The second-order valence-corrected chi connectivity index (χ2v) is 5.09. The van der Waals surface area contributed by atoms with Crippen molar-refractivity contribution in [3.05, 3.63) is 47.0 Å². The van der Waals surface area contributed by atoms with Crippen LogP contribution in [0.1, 0.15) is 37.2 Å². The van der Waals surface area contributed by atoms with Crippen LogP contribution < -0.4 is 11.3 Å². The number of hydrogen-bond donors (Lipinski definition) is 2. The molecule has 2 aromatic rings. The lowest BCUT2D eigenvalue weighted by molar-refractivity contribution is 0.456. The number of aryl methyl sites for hydroxylation is 2. The van der Waals surface area contributed by atoms with Crippen LogP contribution in [0.25, 0.3) is 0 Å². The summed E-state index contributed by atoms with van der Waals surface area (Å²) < 4.78 is 1.92. The minimum absolute atomic E-state index is 0.0291. The molecule has 2 rings (SSSR count). The zero-order valence-electron chi connectivity index (χ0n) is 11.6. The summed E-state index contributed by atoms with van der Waals surface area (Å²) in [6.07, 6.45) is 6.14. The molecule has 0 saturated carbocycles. The quantitative estimate of drug-likeness (QED) is 0.608. The van der Waals surface area contributed by atoms with Gasteiger partial charge in [0.05, 0.1) is 23.0 Å². The maximum atomic E-state index is 6.24. The van der Waals surface area contributed by atoms with Gasteiger partial charge < -0.3 is 0 Å². The van der Waals surface area contributed by atoms with E-state index in [2.05, 4.69) is 22.4 Å². The molecule has 2 aromatic heterocycles. The van der Waals surface area contributed by atoms with Crippen molar-refractivity contribution in [1.82, 2.24) is 20.2 Å². The number of hydrazine groups is 1. The van der Waals surface area contributed by atoms with Crippen molar-refractivity contribution in [2.75, 3.05) is 0 Å². The second-order valence-electron chi connectivity index (χ2n) is 4.68. The van der Waals surface area contributed by atoms with E-state index in [4.69, 9.17) is 17.4 Å². The van der Waals surface area contributed by atoms with Gasteiger partial charge in [0, 0.05) is 18.4 Å². The van der Waals surface area contributed by atoms with Gasteiger partial charge in [-0.2, -0.15) is 5.10 Å². The van der Waals surface area contributed by atoms with Gasteiger partial charge in [-0.1, -0.05) is 24.6 Å². The third-order valence-electron chi connectivity index (χ3n) is 3.22. The minimum atomic E-state index is -0.0291. The van der Waals surface area contributed by atoms with Crippen LogP contribution in [-0.2, 0) is 13.0 Å². The van der Waals surface area contributed by atoms with Crippen LogP contribution in [0, 0.1) is 0 Å². The topological polar surface area (TPSA) is 68.8 Å². The Kier molecular flexibility index (Phi) is 5.52. The SMILES string of the molecule is CCCn1ncc(Cl)c1C(CCc1ccccn1)NN. The molecule has 0 saturated heterocycles. The summed E-state index contributed by atoms with van der Waals surface area (Å²) >= 11 is 6.24. The predicted molar refractivity (Wildman–Crippen MR) is 80.2 cm³/mol. The standard InChI is InChI=1S/C14H20ClN5/c1-2-9-20-14(12(15)10-18-20)13(19-16)7-6-11-5-3-4-8-17-11/h3-5,8,10,13,19H,2,6-7,9,16H2,1H3. The first-order valence-corrected chi connectivity index (χ1v) is 7.21. The Hall–Kier alpha value is -1.43. The summed E-state index contributed by atoms with van der Waals surface area (Å²) in [6.45, 7) is 2.95. The van der Waals surface area contributed by atoms with Crippen molar-refractivity contribution in [3.8, 4) is 0 Å². The maximum Gasteiger partial charge on any atom is 0.0834 e. The van der Waals surface area contributed by atoms with Crippen LogP contribution in [0.15, 0.2) is 30.6 Å². The number of aromatic nitrogens is 3. The average molecular weight is 294 g/mol. The molecule has 0 aliphatic heterocycles. The molecule has 5 nitrogen and oxygen atoms in total. The molecular formula is C14H20ClN5. The number of rotatable bonds is 7. The molecule has 6 heteroatoms. The van der Waals surface area contributed by atoms with Gasteiger partial charge in [-0.3, -0.25) is 20.9 Å². The molecule has 1 unspecified atom stereocenters. The van der Waals surface area contributed by atoms with Crippen molar-refractivity contribution in [2.45, 2.75) is 38.8 Å². The lowest BCUT2D eigenvalue weighted by Crippen LogP contribution is -2.30. The second kappa shape index (κ2) is 7.38. The molecule has 1 atom stereocenters. The van der Waals surface area contributed by atoms with Crippen LogP contribution >= 0.6 is 11.6 Å². The molecule has 0 aliphatic carbocycles. The summed E-state index contributed by atoms with van der Waals surface area (Å²) in [4.78, 5) is 4.32. The van der Waals surface area contributed by atoms with Gasteiger partial charge in [0.15, 0.2) is 0 Å². The Morgan fingerprint density at radius 2 is 2.30 bits per heavy atom. The van der Waals surface area contributed by atoms with Gasteiger partial charge in [-0.05, 0) is 31.4 Å². The van der Waals surface area contributed by atoms with E-state index in [1.54, 1.807) is 12.4 Å². The highest BCUT2D eigenvalue weighted by Gasteiger charge is 2.19. The molecular weight excluding hydrogens is 274 g/mol. The molecule has 0 aromatic carbocycles. The smallest absolute Gasteiger partial charge is 0.0834 e. The highest BCUT2D eigenvalue weighted by molar-refractivity contribution is 6.31. The summed E-state index contributed by atoms with van der Waals surface area (Å²) in [7, 11) is 0. The van der Waals surface area contributed by atoms with Gasteiger partial charge in [0.1, 0.15) is 0 Å². The van der Waals surface area contributed by atoms with E-state index in [0.29, 0.717) is 5.02 Å². The fraction of sp³-hybridized carbons (Fsp3) is 0.429. The van der Waals surface area contributed by atoms with E-state index >= 15 is 0 Å². The predicted octanol–water partition coefficient (Wildman–Crippen LogP) is 2.48. The molecule has 108 valence electrons. The number of halogens is 1. The van der Waals surface area contributed by atoms with Gasteiger partial charge in [-0.15, -0.1) is 0 Å². The molecule has 0 amide bonds. The first-order valence-electron chi connectivity index (χ1n) is 6.83. The van der Waals surface area contributed by atoms with E-state index in [0.717, 1.165) is 37.2 Å². The fourth-order valence-corrected chi connectivity index (χ4v) is 2.52. The Balaban J connectivity index is 2.10. The van der Waals surface area contributed by atoms with E-state index in [1.807, 2.05) is 22.9 Å². The molecule has 0 spiro atoms. The number of pyridine rings is 1. The van der Waals surface area contributed by atoms with Crippen LogP contribution in [0.3, 0.4) is 0 Å². The molecule has 20 heavy (non-hydrogen) atoms. The number of nitrogens with two attached hydrogens (primary N) is 1. The first kappa shape index (κ1) is 15.0. The van der Waals surface area contributed by atoms with E-state index < -0.39 is 0 Å². The van der Waals surface area contributed by atoms with E-state index in [-0.39, 0.29) is 6.04 Å². The number of nitrogens with one attached hydrogen (secondary N) is 1. The van der Waals surface area contributed by atoms with Crippen molar-refractivity contribution in [2.24, 2.45) is 5.84 Å². The summed E-state index contributed by atoms with van der Waals surface area (Å²) in [6, 6.07) is 5.88. The van der Waals surface area contributed by atoms with Crippen molar-refractivity contribution in [1.29, 1.82) is 0 Å². The third kappa shape index (κ3) is 3.56. The monoisotopic (exact) mass is 293 g/mol. The van der Waals surface area contributed by atoms with Crippen LogP contribution in [0.4, 0.5) is 0 Å². The minimum Gasteiger partial charge on any atom is -0.271 e. The van der Waals surface area contributed by atoms with E-state index in [1.165, 1.54) is 0 Å². The molecule has 0 radical (unpaired) electrons. The van der Waals surface area contributed by atoms with Crippen molar-refractivity contribution >= 4 is 11.6 Å². The molecule has 2 heterocycles. The Labute approximate surface area is 124 Å². The van der Waals surface area contributed by atoms with Crippen molar-refractivity contribution in [3.63, 3.8) is 0 Å². The van der Waals surface area contributed by atoms with Crippen LogP contribution in [0.5, 0.6) is 0 Å². The molecule has 0 aliphatic rings. The molecule has 0 bridgehead atoms. The number of nitrogens with zero attached hydrogens (tertiary/aromatic N) is 3. The lowest BCUT2D eigenvalue weighted by Gasteiger charge is -2.18. The van der Waals surface area contributed by atoms with Gasteiger partial charge in [-0.25, -0.2) is 0 Å².